The quantitative estimate of drug-likeness (QED) is 0.109. The Labute approximate surface area is 244 Å². The fourth-order valence-corrected chi connectivity index (χ4v) is 7.80. The molecule has 3 nitrogen and oxygen atoms in total. The molecule has 1 aromatic rings. The number of carbonyl (C=O) groups excluding carboxylic acids is 1. The molecular weight excluding hydrogens is 508 g/mol. The second-order valence-electron chi connectivity index (χ2n) is 12.6. The van der Waals surface area contributed by atoms with Crippen molar-refractivity contribution in [2.75, 3.05) is 18.1 Å². The van der Waals surface area contributed by atoms with Gasteiger partial charge < -0.3 is 9.84 Å². The lowest BCUT2D eigenvalue weighted by atomic mass is 9.78. The highest BCUT2D eigenvalue weighted by molar-refractivity contribution is 8.00. The number of phenolic OH excluding ortho intramolecular Hbond substituents is 1. The minimum atomic E-state index is -0.308. The molecule has 0 aliphatic heterocycles. The highest BCUT2D eigenvalue weighted by atomic mass is 32.2. The van der Waals surface area contributed by atoms with Gasteiger partial charge in [-0.25, -0.2) is 4.79 Å². The van der Waals surface area contributed by atoms with Gasteiger partial charge in [0.05, 0.1) is 12.2 Å². The van der Waals surface area contributed by atoms with Crippen molar-refractivity contribution in [3.8, 4) is 5.75 Å². The molecule has 0 unspecified atom stereocenters. The predicted octanol–water partition coefficient (Wildman–Crippen LogP) is 11.1. The third-order valence-corrected chi connectivity index (χ3v) is 9.23. The molecule has 0 atom stereocenters. The monoisotopic (exact) mass is 566 g/mol. The van der Waals surface area contributed by atoms with Crippen LogP contribution in [0.3, 0.4) is 0 Å². The normalized spacial score (nSPS) is 12.2. The molecule has 0 bridgehead atoms. The molecular formula is C33H58O3S2. The molecule has 0 amide bonds. The van der Waals surface area contributed by atoms with E-state index in [1.54, 1.807) is 23.5 Å². The van der Waals surface area contributed by atoms with E-state index in [9.17, 15) is 9.90 Å². The number of unbranched alkanes of at least 4 members (excludes halogenated alkanes) is 10. The smallest absolute Gasteiger partial charge is 0.340 e. The maximum absolute atomic E-state index is 13.6. The molecule has 0 aliphatic rings. The number of phenols is 1. The molecule has 5 heteroatoms. The number of rotatable bonds is 18. The lowest BCUT2D eigenvalue weighted by Gasteiger charge is -2.33. The molecule has 38 heavy (non-hydrogen) atoms. The van der Waals surface area contributed by atoms with Crippen molar-refractivity contribution in [1.82, 2.24) is 0 Å². The van der Waals surface area contributed by atoms with E-state index in [1.165, 1.54) is 64.2 Å². The Morgan fingerprint density at radius 2 is 1.03 bits per heavy atom. The summed E-state index contributed by atoms with van der Waals surface area (Å²) in [5, 5.41) is 11.9. The van der Waals surface area contributed by atoms with Crippen LogP contribution in [0.1, 0.15) is 161 Å². The fourth-order valence-electron chi connectivity index (χ4n) is 4.88. The molecule has 0 aromatic heterocycles. The molecule has 0 fully saturated rings. The van der Waals surface area contributed by atoms with Crippen molar-refractivity contribution >= 4 is 29.5 Å². The van der Waals surface area contributed by atoms with E-state index in [2.05, 4.69) is 55.4 Å². The lowest BCUT2D eigenvalue weighted by Crippen LogP contribution is -2.23. The van der Waals surface area contributed by atoms with Crippen LogP contribution in [-0.2, 0) is 15.6 Å². The number of thioether (sulfide) groups is 2. The Morgan fingerprint density at radius 1 is 0.658 bits per heavy atom. The van der Waals surface area contributed by atoms with Gasteiger partial charge in [-0.3, -0.25) is 0 Å². The topological polar surface area (TPSA) is 46.5 Å². The second-order valence-corrected chi connectivity index (χ2v) is 14.8. The van der Waals surface area contributed by atoms with Crippen LogP contribution < -0.4 is 0 Å². The van der Waals surface area contributed by atoms with Gasteiger partial charge in [0, 0.05) is 20.9 Å². The molecule has 0 spiro atoms. The van der Waals surface area contributed by atoms with Crippen molar-refractivity contribution in [2.24, 2.45) is 0 Å². The summed E-state index contributed by atoms with van der Waals surface area (Å²) < 4.78 is 5.68. The summed E-state index contributed by atoms with van der Waals surface area (Å²) in [5.74, 6) is 2.00. The van der Waals surface area contributed by atoms with E-state index in [1.807, 2.05) is 6.92 Å². The van der Waals surface area contributed by atoms with Crippen LogP contribution >= 0.6 is 23.5 Å². The Hall–Kier alpha value is -0.810. The van der Waals surface area contributed by atoms with Crippen LogP contribution in [0.15, 0.2) is 9.79 Å². The van der Waals surface area contributed by atoms with Crippen molar-refractivity contribution < 1.29 is 14.6 Å². The molecule has 1 N–H and O–H groups in total. The summed E-state index contributed by atoms with van der Waals surface area (Å²) in [7, 11) is 0. The average Bonchev–Trinajstić information content (AvgIpc) is 2.81. The third-order valence-electron chi connectivity index (χ3n) is 6.85. The number of esters is 1. The zero-order chi connectivity index (χ0) is 28.8. The van der Waals surface area contributed by atoms with Gasteiger partial charge in [-0.1, -0.05) is 120 Å². The Kier molecular flexibility index (Phi) is 16.5. The summed E-state index contributed by atoms with van der Waals surface area (Å²) in [6.07, 6.45) is 14.9. The third kappa shape index (κ3) is 11.4. The van der Waals surface area contributed by atoms with Crippen molar-refractivity contribution in [2.45, 2.75) is 160 Å². The lowest BCUT2D eigenvalue weighted by molar-refractivity contribution is 0.0517. The minimum Gasteiger partial charge on any atom is -0.507 e. The van der Waals surface area contributed by atoms with Crippen molar-refractivity contribution in [3.05, 3.63) is 16.7 Å². The van der Waals surface area contributed by atoms with Crippen molar-refractivity contribution in [3.63, 3.8) is 0 Å². The maximum Gasteiger partial charge on any atom is 0.340 e. The molecule has 0 saturated heterocycles. The SMILES string of the molecule is CCCCCCCCSc1c(C(=O)OCC)c(SCCCCCCCC)c(C(C)(C)C)c(O)c1C(C)(C)C. The molecule has 0 saturated carbocycles. The highest BCUT2D eigenvalue weighted by Gasteiger charge is 2.36. The number of ether oxygens (including phenoxy) is 1. The van der Waals surface area contributed by atoms with Gasteiger partial charge in [0.2, 0.25) is 0 Å². The van der Waals surface area contributed by atoms with E-state index in [-0.39, 0.29) is 16.8 Å². The Balaban J connectivity index is 3.51. The van der Waals surface area contributed by atoms with Crippen LogP contribution in [0, 0.1) is 0 Å². The van der Waals surface area contributed by atoms with Crippen LogP contribution in [0.2, 0.25) is 0 Å². The average molecular weight is 567 g/mol. The van der Waals surface area contributed by atoms with E-state index in [0.29, 0.717) is 17.9 Å². The van der Waals surface area contributed by atoms with Crippen LogP contribution in [0.4, 0.5) is 0 Å². The number of hydrogen-bond donors (Lipinski definition) is 1. The number of hydrogen-bond acceptors (Lipinski definition) is 5. The van der Waals surface area contributed by atoms with Crippen LogP contribution in [0.25, 0.3) is 0 Å². The maximum atomic E-state index is 13.6. The van der Waals surface area contributed by atoms with Gasteiger partial charge in [0.25, 0.3) is 0 Å². The number of carbonyl (C=O) groups is 1. The number of aromatic hydroxyl groups is 1. The second kappa shape index (κ2) is 17.8. The zero-order valence-electron chi connectivity index (χ0n) is 26.2. The Bertz CT molecular complexity index is 777. The zero-order valence-corrected chi connectivity index (χ0v) is 27.8. The van der Waals surface area contributed by atoms with Gasteiger partial charge in [-0.15, -0.1) is 23.5 Å². The van der Waals surface area contributed by atoms with Gasteiger partial charge in [0.1, 0.15) is 5.75 Å². The highest BCUT2D eigenvalue weighted by Crippen LogP contribution is 2.51. The summed E-state index contributed by atoms with van der Waals surface area (Å²) in [6, 6.07) is 0. The van der Waals surface area contributed by atoms with Crippen LogP contribution in [0.5, 0.6) is 5.75 Å². The first kappa shape index (κ1) is 35.2. The van der Waals surface area contributed by atoms with Gasteiger partial charge in [-0.2, -0.15) is 0 Å². The largest absolute Gasteiger partial charge is 0.507 e. The first-order valence-corrected chi connectivity index (χ1v) is 17.2. The molecule has 0 aliphatic carbocycles. The molecule has 1 rings (SSSR count). The first-order chi connectivity index (χ1) is 17.9. The molecule has 220 valence electrons. The minimum absolute atomic E-state index is 0.251. The molecule has 0 radical (unpaired) electrons. The van der Waals surface area contributed by atoms with Gasteiger partial charge in [-0.05, 0) is 42.1 Å². The molecule has 1 aromatic carbocycles. The summed E-state index contributed by atoms with van der Waals surface area (Å²) in [5.41, 5.74) is 1.86. The van der Waals surface area contributed by atoms with Gasteiger partial charge >= 0.3 is 5.97 Å². The van der Waals surface area contributed by atoms with Gasteiger partial charge in [0.15, 0.2) is 0 Å². The standard InChI is InChI=1S/C33H58O3S2/c1-10-13-15-17-19-21-23-37-29-25(31(35)36-12-3)30(38-24-22-20-18-16-14-11-2)27(33(7,8)9)28(34)26(29)32(4,5)6/h34H,10-24H2,1-9H3. The summed E-state index contributed by atoms with van der Waals surface area (Å²) >= 11 is 3.49. The van der Waals surface area contributed by atoms with Crippen LogP contribution in [-0.4, -0.2) is 29.2 Å². The predicted molar refractivity (Wildman–Crippen MR) is 170 cm³/mol. The van der Waals surface area contributed by atoms with E-state index < -0.39 is 0 Å². The summed E-state index contributed by atoms with van der Waals surface area (Å²) in [6.45, 7) is 19.6. The van der Waals surface area contributed by atoms with E-state index in [4.69, 9.17) is 4.74 Å². The Morgan fingerprint density at radius 3 is 1.37 bits per heavy atom. The first-order valence-electron chi connectivity index (χ1n) is 15.3. The number of benzene rings is 1. The van der Waals surface area contributed by atoms with E-state index in [0.717, 1.165) is 45.3 Å². The van der Waals surface area contributed by atoms with E-state index >= 15 is 0 Å². The molecule has 0 heterocycles. The fraction of sp³-hybridized carbons (Fsp3) is 0.788. The summed E-state index contributed by atoms with van der Waals surface area (Å²) in [4.78, 5) is 15.5. The van der Waals surface area contributed by atoms with Crippen molar-refractivity contribution in [1.29, 1.82) is 0 Å².